The lowest BCUT2D eigenvalue weighted by molar-refractivity contribution is -0.116. The summed E-state index contributed by atoms with van der Waals surface area (Å²) in [5, 5.41) is 11.8. The summed E-state index contributed by atoms with van der Waals surface area (Å²) in [6.45, 7) is 5.88. The Bertz CT molecular complexity index is 1140. The van der Waals surface area contributed by atoms with Gasteiger partial charge in [-0.05, 0) is 45.0 Å². The first kappa shape index (κ1) is 22.7. The molecule has 0 aliphatic rings. The number of rotatable bonds is 8. The van der Waals surface area contributed by atoms with Gasteiger partial charge in [0.1, 0.15) is 16.8 Å². The molecule has 0 spiro atoms. The monoisotopic (exact) mass is 460 g/mol. The van der Waals surface area contributed by atoms with Gasteiger partial charge in [0.05, 0.1) is 18.6 Å². The van der Waals surface area contributed by atoms with E-state index < -0.39 is 22.0 Å². The molecule has 10 heteroatoms. The molecule has 0 aliphatic heterocycles. The zero-order chi connectivity index (χ0) is 22.6. The number of sulfonamides is 1. The number of hydrogen-bond acceptors (Lipinski definition) is 7. The zero-order valence-electron chi connectivity index (χ0n) is 17.7. The van der Waals surface area contributed by atoms with Crippen LogP contribution in [0.4, 0.5) is 10.8 Å². The molecule has 0 bridgehead atoms. The summed E-state index contributed by atoms with van der Waals surface area (Å²) in [6.07, 6.45) is 1.06. The number of carbonyl (C=O) groups excluding carboxylic acids is 1. The first-order valence-corrected chi connectivity index (χ1v) is 12.3. The SMILES string of the molecule is CCOc1ccc(N([C@H](C)C(=O)Nc2nnc(-c3ccc(C)cc3)s2)S(C)(=O)=O)cc1. The molecule has 1 aromatic heterocycles. The van der Waals surface area contributed by atoms with Crippen molar-refractivity contribution in [2.75, 3.05) is 22.5 Å². The lowest BCUT2D eigenvalue weighted by Gasteiger charge is -2.28. The van der Waals surface area contributed by atoms with Crippen LogP contribution in [0.15, 0.2) is 48.5 Å². The second-order valence-electron chi connectivity index (χ2n) is 6.93. The highest BCUT2D eigenvalue weighted by Gasteiger charge is 2.29. The molecule has 0 fully saturated rings. The third-order valence-corrected chi connectivity index (χ3v) is 6.57. The molecule has 3 rings (SSSR count). The van der Waals surface area contributed by atoms with E-state index in [1.54, 1.807) is 24.3 Å². The molecule has 0 saturated carbocycles. The standard InChI is InChI=1S/C21H24N4O4S2/c1-5-29-18-12-10-17(11-13-18)25(31(4,27)28)15(3)19(26)22-21-24-23-20(30-21)16-8-6-14(2)7-9-16/h6-13,15H,5H2,1-4H3,(H,22,24,26)/t15-/m1/s1. The predicted octanol–water partition coefficient (Wildman–Crippen LogP) is 3.71. The number of amides is 1. The van der Waals surface area contributed by atoms with Gasteiger partial charge in [0.2, 0.25) is 21.1 Å². The van der Waals surface area contributed by atoms with Crippen molar-refractivity contribution in [3.05, 3.63) is 54.1 Å². The minimum absolute atomic E-state index is 0.299. The highest BCUT2D eigenvalue weighted by atomic mass is 32.2. The van der Waals surface area contributed by atoms with E-state index in [9.17, 15) is 13.2 Å². The number of aryl methyl sites for hydroxylation is 1. The van der Waals surface area contributed by atoms with Gasteiger partial charge < -0.3 is 4.74 Å². The summed E-state index contributed by atoms with van der Waals surface area (Å²) in [5.41, 5.74) is 2.39. The Labute approximate surface area is 185 Å². The smallest absolute Gasteiger partial charge is 0.249 e. The lowest BCUT2D eigenvalue weighted by atomic mass is 10.2. The van der Waals surface area contributed by atoms with Crippen molar-refractivity contribution >= 4 is 38.1 Å². The summed E-state index contributed by atoms with van der Waals surface area (Å²) in [4.78, 5) is 12.8. The molecule has 0 aliphatic carbocycles. The Morgan fingerprint density at radius 1 is 1.13 bits per heavy atom. The Kier molecular flexibility index (Phi) is 6.91. The fourth-order valence-electron chi connectivity index (χ4n) is 2.96. The molecule has 0 saturated heterocycles. The van der Waals surface area contributed by atoms with Gasteiger partial charge in [-0.15, -0.1) is 10.2 Å². The summed E-state index contributed by atoms with van der Waals surface area (Å²) < 4.78 is 31.4. The Morgan fingerprint density at radius 2 is 1.77 bits per heavy atom. The van der Waals surface area contributed by atoms with Crippen LogP contribution >= 0.6 is 11.3 Å². The molecule has 31 heavy (non-hydrogen) atoms. The average Bonchev–Trinajstić information content (AvgIpc) is 3.17. The summed E-state index contributed by atoms with van der Waals surface area (Å²) >= 11 is 1.22. The quantitative estimate of drug-likeness (QED) is 0.550. The minimum atomic E-state index is -3.72. The Hall–Kier alpha value is -2.98. The van der Waals surface area contributed by atoms with Gasteiger partial charge in [-0.3, -0.25) is 14.4 Å². The highest BCUT2D eigenvalue weighted by molar-refractivity contribution is 7.92. The fraction of sp³-hybridized carbons (Fsp3) is 0.286. The molecule has 0 radical (unpaired) electrons. The Balaban J connectivity index is 1.78. The van der Waals surface area contributed by atoms with Gasteiger partial charge in [0.15, 0.2) is 0 Å². The van der Waals surface area contributed by atoms with Gasteiger partial charge in [-0.25, -0.2) is 8.42 Å². The first-order chi connectivity index (χ1) is 14.7. The molecule has 164 valence electrons. The summed E-state index contributed by atoms with van der Waals surface area (Å²) in [6, 6.07) is 13.4. The molecule has 1 heterocycles. The summed E-state index contributed by atoms with van der Waals surface area (Å²) in [5.74, 6) is 0.111. The van der Waals surface area contributed by atoms with Crippen molar-refractivity contribution in [2.45, 2.75) is 26.8 Å². The predicted molar refractivity (Wildman–Crippen MR) is 123 cm³/mol. The summed E-state index contributed by atoms with van der Waals surface area (Å²) in [7, 11) is -3.72. The van der Waals surface area contributed by atoms with Gasteiger partial charge in [-0.1, -0.05) is 41.2 Å². The van der Waals surface area contributed by atoms with Crippen LogP contribution in [-0.4, -0.2) is 43.4 Å². The van der Waals surface area contributed by atoms with Crippen LogP contribution in [0.2, 0.25) is 0 Å². The van der Waals surface area contributed by atoms with E-state index in [1.807, 2.05) is 38.1 Å². The molecule has 8 nitrogen and oxygen atoms in total. The van der Waals surface area contributed by atoms with Crippen molar-refractivity contribution in [1.82, 2.24) is 10.2 Å². The van der Waals surface area contributed by atoms with E-state index in [0.717, 1.165) is 21.7 Å². The first-order valence-electron chi connectivity index (χ1n) is 9.62. The van der Waals surface area contributed by atoms with E-state index in [4.69, 9.17) is 4.74 Å². The van der Waals surface area contributed by atoms with E-state index in [-0.39, 0.29) is 0 Å². The topological polar surface area (TPSA) is 101 Å². The van der Waals surface area contributed by atoms with E-state index in [1.165, 1.54) is 18.3 Å². The number of anilines is 2. The maximum Gasteiger partial charge on any atom is 0.249 e. The molecule has 1 N–H and O–H groups in total. The molecule has 1 amide bonds. The van der Waals surface area contributed by atoms with Crippen LogP contribution in [0, 0.1) is 6.92 Å². The second kappa shape index (κ2) is 9.44. The number of hydrogen-bond donors (Lipinski definition) is 1. The number of nitrogens with zero attached hydrogens (tertiary/aromatic N) is 3. The molecule has 3 aromatic rings. The highest BCUT2D eigenvalue weighted by Crippen LogP contribution is 2.28. The second-order valence-corrected chi connectivity index (χ2v) is 9.77. The van der Waals surface area contributed by atoms with E-state index >= 15 is 0 Å². The van der Waals surface area contributed by atoms with Crippen molar-refractivity contribution in [3.8, 4) is 16.3 Å². The maximum atomic E-state index is 12.8. The van der Waals surface area contributed by atoms with Crippen LogP contribution in [0.3, 0.4) is 0 Å². The van der Waals surface area contributed by atoms with Crippen LogP contribution in [0.1, 0.15) is 19.4 Å². The number of carbonyl (C=O) groups is 1. The van der Waals surface area contributed by atoms with Gasteiger partial charge in [-0.2, -0.15) is 0 Å². The molecule has 1 atom stereocenters. The number of ether oxygens (including phenoxy) is 1. The van der Waals surface area contributed by atoms with Gasteiger partial charge in [0, 0.05) is 5.56 Å². The third kappa shape index (κ3) is 5.59. The third-order valence-electron chi connectivity index (χ3n) is 4.44. The van der Waals surface area contributed by atoms with E-state index in [2.05, 4.69) is 15.5 Å². The largest absolute Gasteiger partial charge is 0.494 e. The molecule has 2 aromatic carbocycles. The van der Waals surface area contributed by atoms with Crippen LogP contribution in [0.5, 0.6) is 5.75 Å². The number of nitrogens with one attached hydrogen (secondary N) is 1. The lowest BCUT2D eigenvalue weighted by Crippen LogP contribution is -2.45. The van der Waals surface area contributed by atoms with Crippen molar-refractivity contribution < 1.29 is 17.9 Å². The van der Waals surface area contributed by atoms with Crippen LogP contribution in [0.25, 0.3) is 10.6 Å². The Morgan fingerprint density at radius 3 is 2.35 bits per heavy atom. The number of aromatic nitrogens is 2. The average molecular weight is 461 g/mol. The minimum Gasteiger partial charge on any atom is -0.494 e. The molecular formula is C21H24N4O4S2. The van der Waals surface area contributed by atoms with Crippen molar-refractivity contribution in [2.24, 2.45) is 0 Å². The van der Waals surface area contributed by atoms with Gasteiger partial charge in [0.25, 0.3) is 0 Å². The molecule has 0 unspecified atom stereocenters. The normalized spacial score (nSPS) is 12.3. The van der Waals surface area contributed by atoms with Crippen LogP contribution < -0.4 is 14.4 Å². The number of benzene rings is 2. The fourth-order valence-corrected chi connectivity index (χ4v) is 4.89. The maximum absolute atomic E-state index is 12.8. The van der Waals surface area contributed by atoms with Crippen molar-refractivity contribution in [3.63, 3.8) is 0 Å². The van der Waals surface area contributed by atoms with E-state index in [0.29, 0.717) is 28.2 Å². The van der Waals surface area contributed by atoms with Gasteiger partial charge >= 0.3 is 0 Å². The molecular weight excluding hydrogens is 436 g/mol. The zero-order valence-corrected chi connectivity index (χ0v) is 19.3. The van der Waals surface area contributed by atoms with Crippen molar-refractivity contribution in [1.29, 1.82) is 0 Å². The van der Waals surface area contributed by atoms with Crippen LogP contribution in [-0.2, 0) is 14.8 Å².